The number of fused-ring (bicyclic) bond motifs is 1. The van der Waals surface area contributed by atoms with Gasteiger partial charge in [-0.2, -0.15) is 4.98 Å². The number of hydrogen-bond acceptors (Lipinski definition) is 4. The molecule has 0 aromatic carbocycles. The Morgan fingerprint density at radius 3 is 3.18 bits per heavy atom. The summed E-state index contributed by atoms with van der Waals surface area (Å²) in [6.45, 7) is 0. The maximum Gasteiger partial charge on any atom is 0.215 e. The van der Waals surface area contributed by atoms with Crippen molar-refractivity contribution in [3.63, 3.8) is 0 Å². The van der Waals surface area contributed by atoms with Crippen molar-refractivity contribution in [3.05, 3.63) is 17.6 Å². The number of nitrogens with zero attached hydrogens (tertiary/aromatic N) is 2. The number of hydrogen-bond donors (Lipinski definition) is 0. The average Bonchev–Trinajstić information content (AvgIpc) is 2.50. The summed E-state index contributed by atoms with van der Waals surface area (Å²) < 4.78 is 6.03. The van der Waals surface area contributed by atoms with Crippen molar-refractivity contribution in [1.82, 2.24) is 9.97 Å². The predicted octanol–water partition coefficient (Wildman–Crippen LogP) is 1.70. The van der Waals surface area contributed by atoms with Crippen LogP contribution in [0.5, 0.6) is 5.88 Å². The van der Waals surface area contributed by atoms with E-state index in [9.17, 15) is 0 Å². The van der Waals surface area contributed by atoms with E-state index in [-0.39, 0.29) is 0 Å². The number of ether oxygens (including phenoxy) is 1. The second kappa shape index (κ2) is 2.47. The SMILES string of the molecule is COc1ccc2scnc2n1. The minimum Gasteiger partial charge on any atom is -0.481 e. The summed E-state index contributed by atoms with van der Waals surface area (Å²) in [7, 11) is 1.60. The van der Waals surface area contributed by atoms with Gasteiger partial charge in [0.2, 0.25) is 5.88 Å². The molecular weight excluding hydrogens is 160 g/mol. The van der Waals surface area contributed by atoms with Crippen LogP contribution in [0, 0.1) is 0 Å². The van der Waals surface area contributed by atoms with Crippen LogP contribution in [0.25, 0.3) is 10.3 Å². The van der Waals surface area contributed by atoms with E-state index in [1.54, 1.807) is 24.0 Å². The largest absolute Gasteiger partial charge is 0.481 e. The summed E-state index contributed by atoms with van der Waals surface area (Å²) in [5.74, 6) is 0.614. The van der Waals surface area contributed by atoms with Crippen LogP contribution in [0.15, 0.2) is 17.6 Å². The van der Waals surface area contributed by atoms with Gasteiger partial charge in [0, 0.05) is 6.07 Å². The van der Waals surface area contributed by atoms with Crippen molar-refractivity contribution in [3.8, 4) is 5.88 Å². The Morgan fingerprint density at radius 2 is 2.36 bits per heavy atom. The molecule has 0 N–H and O–H groups in total. The number of pyridine rings is 1. The monoisotopic (exact) mass is 166 g/mol. The third kappa shape index (κ3) is 1.05. The van der Waals surface area contributed by atoms with Gasteiger partial charge in [0.05, 0.1) is 17.3 Å². The standard InChI is InChI=1S/C7H6N2OS/c1-10-6-3-2-5-7(9-6)8-4-11-5/h2-4H,1H3. The molecular formula is C7H6N2OS. The van der Waals surface area contributed by atoms with Crippen molar-refractivity contribution in [2.45, 2.75) is 0 Å². The molecule has 2 heterocycles. The van der Waals surface area contributed by atoms with Gasteiger partial charge in [-0.3, -0.25) is 0 Å². The fraction of sp³-hybridized carbons (Fsp3) is 0.143. The summed E-state index contributed by atoms with van der Waals surface area (Å²) in [5.41, 5.74) is 2.53. The van der Waals surface area contributed by atoms with Gasteiger partial charge in [-0.05, 0) is 6.07 Å². The summed E-state index contributed by atoms with van der Waals surface area (Å²) in [6, 6.07) is 3.79. The van der Waals surface area contributed by atoms with Gasteiger partial charge < -0.3 is 4.74 Å². The smallest absolute Gasteiger partial charge is 0.215 e. The topological polar surface area (TPSA) is 35.0 Å². The Kier molecular flexibility index (Phi) is 1.47. The first-order valence-corrected chi connectivity index (χ1v) is 4.02. The molecule has 0 atom stereocenters. The molecule has 2 aromatic rings. The molecule has 0 saturated heterocycles. The van der Waals surface area contributed by atoms with Crippen LogP contribution < -0.4 is 4.74 Å². The fourth-order valence-corrected chi connectivity index (χ4v) is 1.47. The fourth-order valence-electron chi connectivity index (χ4n) is 0.849. The van der Waals surface area contributed by atoms with E-state index in [0.29, 0.717) is 5.88 Å². The zero-order valence-corrected chi connectivity index (χ0v) is 6.76. The van der Waals surface area contributed by atoms with Crippen LogP contribution in [0.4, 0.5) is 0 Å². The Morgan fingerprint density at radius 1 is 1.45 bits per heavy atom. The van der Waals surface area contributed by atoms with Gasteiger partial charge in [0.1, 0.15) is 0 Å². The lowest BCUT2D eigenvalue weighted by Crippen LogP contribution is -1.85. The molecule has 2 rings (SSSR count). The summed E-state index contributed by atoms with van der Waals surface area (Å²) in [6.07, 6.45) is 0. The van der Waals surface area contributed by atoms with Gasteiger partial charge in [-0.25, -0.2) is 4.98 Å². The van der Waals surface area contributed by atoms with E-state index in [0.717, 1.165) is 10.3 Å². The van der Waals surface area contributed by atoms with Gasteiger partial charge in [0.15, 0.2) is 5.65 Å². The number of rotatable bonds is 1. The average molecular weight is 166 g/mol. The van der Waals surface area contributed by atoms with E-state index in [2.05, 4.69) is 9.97 Å². The quantitative estimate of drug-likeness (QED) is 0.646. The van der Waals surface area contributed by atoms with Crippen LogP contribution in [-0.2, 0) is 0 Å². The lowest BCUT2D eigenvalue weighted by atomic mass is 10.5. The van der Waals surface area contributed by atoms with Crippen LogP contribution in [-0.4, -0.2) is 17.1 Å². The van der Waals surface area contributed by atoms with E-state index in [1.807, 2.05) is 12.1 Å². The molecule has 56 valence electrons. The lowest BCUT2D eigenvalue weighted by Gasteiger charge is -1.94. The van der Waals surface area contributed by atoms with Crippen LogP contribution in [0.2, 0.25) is 0 Å². The first kappa shape index (κ1) is 6.54. The Bertz CT molecular complexity index is 371. The summed E-state index contributed by atoms with van der Waals surface area (Å²) in [4.78, 5) is 8.19. The van der Waals surface area contributed by atoms with Crippen molar-refractivity contribution in [2.75, 3.05) is 7.11 Å². The highest BCUT2D eigenvalue weighted by Gasteiger charge is 1.98. The zero-order chi connectivity index (χ0) is 7.68. The molecule has 3 nitrogen and oxygen atoms in total. The third-order valence-electron chi connectivity index (χ3n) is 1.38. The third-order valence-corrected chi connectivity index (χ3v) is 2.16. The van der Waals surface area contributed by atoms with E-state index < -0.39 is 0 Å². The molecule has 0 spiro atoms. The second-order valence-electron chi connectivity index (χ2n) is 2.03. The molecule has 0 aliphatic heterocycles. The van der Waals surface area contributed by atoms with Gasteiger partial charge in [0.25, 0.3) is 0 Å². The molecule has 0 unspecified atom stereocenters. The molecule has 0 radical (unpaired) electrons. The second-order valence-corrected chi connectivity index (χ2v) is 2.91. The Labute approximate surface area is 67.7 Å². The summed E-state index contributed by atoms with van der Waals surface area (Å²) in [5, 5.41) is 0. The minimum atomic E-state index is 0.614. The Balaban J connectivity index is 2.67. The van der Waals surface area contributed by atoms with Gasteiger partial charge in [-0.15, -0.1) is 11.3 Å². The molecule has 0 aliphatic rings. The van der Waals surface area contributed by atoms with Crippen molar-refractivity contribution in [2.24, 2.45) is 0 Å². The number of methoxy groups -OCH3 is 1. The lowest BCUT2D eigenvalue weighted by molar-refractivity contribution is 0.399. The van der Waals surface area contributed by atoms with Gasteiger partial charge in [-0.1, -0.05) is 0 Å². The molecule has 11 heavy (non-hydrogen) atoms. The van der Waals surface area contributed by atoms with Crippen LogP contribution in [0.1, 0.15) is 0 Å². The van der Waals surface area contributed by atoms with E-state index in [1.165, 1.54) is 0 Å². The number of thiazole rings is 1. The molecule has 0 saturated carbocycles. The maximum atomic E-state index is 4.95. The maximum absolute atomic E-state index is 4.95. The highest BCUT2D eigenvalue weighted by molar-refractivity contribution is 7.16. The molecule has 0 fully saturated rings. The van der Waals surface area contributed by atoms with Crippen molar-refractivity contribution in [1.29, 1.82) is 0 Å². The van der Waals surface area contributed by atoms with E-state index >= 15 is 0 Å². The molecule has 0 bridgehead atoms. The van der Waals surface area contributed by atoms with Crippen LogP contribution in [0.3, 0.4) is 0 Å². The molecule has 4 heteroatoms. The highest BCUT2D eigenvalue weighted by Crippen LogP contribution is 2.18. The van der Waals surface area contributed by atoms with Gasteiger partial charge >= 0.3 is 0 Å². The highest BCUT2D eigenvalue weighted by atomic mass is 32.1. The molecule has 0 aliphatic carbocycles. The molecule has 0 amide bonds. The molecule has 2 aromatic heterocycles. The van der Waals surface area contributed by atoms with Crippen LogP contribution >= 0.6 is 11.3 Å². The first-order valence-electron chi connectivity index (χ1n) is 3.14. The van der Waals surface area contributed by atoms with Crippen molar-refractivity contribution < 1.29 is 4.74 Å². The normalized spacial score (nSPS) is 10.3. The number of aromatic nitrogens is 2. The van der Waals surface area contributed by atoms with E-state index in [4.69, 9.17) is 4.74 Å². The zero-order valence-electron chi connectivity index (χ0n) is 5.94. The first-order chi connectivity index (χ1) is 5.40. The predicted molar refractivity (Wildman–Crippen MR) is 44.0 cm³/mol. The minimum absolute atomic E-state index is 0.614. The Hall–Kier alpha value is -1.16. The van der Waals surface area contributed by atoms with Crippen molar-refractivity contribution >= 4 is 21.7 Å². The summed E-state index contributed by atoms with van der Waals surface area (Å²) >= 11 is 1.58.